The van der Waals surface area contributed by atoms with Gasteiger partial charge in [-0.3, -0.25) is 9.69 Å². The van der Waals surface area contributed by atoms with Crippen LogP contribution in [0.2, 0.25) is 0 Å². The Hall–Kier alpha value is -3.98. The fourth-order valence-electron chi connectivity index (χ4n) is 3.20. The van der Waals surface area contributed by atoms with Crippen LogP contribution in [0.25, 0.3) is 6.08 Å². The number of carboxylic acid groups (broad SMARTS) is 1. The normalized spacial score (nSPS) is 16.8. The lowest BCUT2D eigenvalue weighted by molar-refractivity contribution is -0.144. The number of rotatable bonds is 8. The third-order valence-electron chi connectivity index (χ3n) is 4.92. The highest BCUT2D eigenvalue weighted by Crippen LogP contribution is 2.39. The molecule has 2 aromatic carbocycles. The highest BCUT2D eigenvalue weighted by molar-refractivity contribution is 8.18. The number of methoxy groups -OCH3 is 1. The summed E-state index contributed by atoms with van der Waals surface area (Å²) in [6, 6.07) is 18.0. The van der Waals surface area contributed by atoms with Crippen LogP contribution in [0.5, 0.6) is 11.5 Å². The van der Waals surface area contributed by atoms with E-state index in [1.807, 2.05) is 30.3 Å². The zero-order valence-electron chi connectivity index (χ0n) is 18.5. The van der Waals surface area contributed by atoms with E-state index in [-0.39, 0.29) is 18.2 Å². The van der Waals surface area contributed by atoms with Crippen molar-refractivity contribution in [1.82, 2.24) is 4.90 Å². The van der Waals surface area contributed by atoms with Crippen LogP contribution in [0, 0.1) is 0 Å². The van der Waals surface area contributed by atoms with Gasteiger partial charge in [0.15, 0.2) is 22.8 Å². The summed E-state index contributed by atoms with van der Waals surface area (Å²) in [7, 11) is 1.47. The van der Waals surface area contributed by atoms with E-state index in [9.17, 15) is 14.7 Å². The van der Waals surface area contributed by atoms with Crippen molar-refractivity contribution in [2.24, 2.45) is 4.99 Å². The number of benzene rings is 2. The lowest BCUT2D eigenvalue weighted by Crippen LogP contribution is -2.28. The Balaban J connectivity index is 1.73. The summed E-state index contributed by atoms with van der Waals surface area (Å²) < 4.78 is 16.5. The first-order valence-electron chi connectivity index (χ1n) is 10.4. The number of hydrogen-bond donors (Lipinski definition) is 1. The van der Waals surface area contributed by atoms with Crippen LogP contribution in [0.15, 0.2) is 81.2 Å². The zero-order chi connectivity index (χ0) is 24.1. The van der Waals surface area contributed by atoms with Gasteiger partial charge in [-0.25, -0.2) is 9.79 Å². The number of ether oxygens (including phenoxy) is 2. The molecule has 1 saturated heterocycles. The molecule has 8 nitrogen and oxygen atoms in total. The van der Waals surface area contributed by atoms with E-state index in [2.05, 4.69) is 4.99 Å². The minimum absolute atomic E-state index is 0.222. The maximum Gasteiger partial charge on any atom is 0.344 e. The summed E-state index contributed by atoms with van der Waals surface area (Å²) in [5.41, 5.74) is 1.23. The predicted molar refractivity (Wildman–Crippen MR) is 129 cm³/mol. The Morgan fingerprint density at radius 3 is 2.65 bits per heavy atom. The van der Waals surface area contributed by atoms with Crippen LogP contribution in [0.4, 0.5) is 5.69 Å². The summed E-state index contributed by atoms with van der Waals surface area (Å²) in [6.07, 6.45) is 2.10. The number of aliphatic carboxylic acids is 1. The summed E-state index contributed by atoms with van der Waals surface area (Å²) in [5.74, 6) is -0.138. The van der Waals surface area contributed by atoms with Crippen molar-refractivity contribution in [3.8, 4) is 11.5 Å². The number of carbonyl (C=O) groups excluding carboxylic acids is 1. The van der Waals surface area contributed by atoms with E-state index in [4.69, 9.17) is 13.9 Å². The monoisotopic (exact) mass is 478 g/mol. The van der Waals surface area contributed by atoms with Crippen molar-refractivity contribution >= 4 is 40.6 Å². The van der Waals surface area contributed by atoms with E-state index in [1.165, 1.54) is 25.8 Å². The smallest absolute Gasteiger partial charge is 0.344 e. The number of para-hydroxylation sites is 2. The lowest BCUT2D eigenvalue weighted by Gasteiger charge is -2.16. The highest BCUT2D eigenvalue weighted by Gasteiger charge is 2.34. The van der Waals surface area contributed by atoms with Gasteiger partial charge in [0.05, 0.1) is 30.5 Å². The molecule has 174 valence electrons. The van der Waals surface area contributed by atoms with Crippen molar-refractivity contribution < 1.29 is 28.6 Å². The molecule has 1 aliphatic rings. The zero-order valence-corrected chi connectivity index (χ0v) is 19.3. The van der Waals surface area contributed by atoms with Crippen molar-refractivity contribution in [3.63, 3.8) is 0 Å². The molecule has 1 aliphatic heterocycles. The minimum Gasteiger partial charge on any atom is -0.493 e. The van der Waals surface area contributed by atoms with E-state index < -0.39 is 12.1 Å². The van der Waals surface area contributed by atoms with Gasteiger partial charge in [0.25, 0.3) is 5.91 Å². The Morgan fingerprint density at radius 2 is 1.97 bits per heavy atom. The van der Waals surface area contributed by atoms with Crippen LogP contribution in [0.3, 0.4) is 0 Å². The van der Waals surface area contributed by atoms with Gasteiger partial charge >= 0.3 is 5.97 Å². The molecule has 3 aromatic rings. The van der Waals surface area contributed by atoms with Gasteiger partial charge in [0.2, 0.25) is 0 Å². The van der Waals surface area contributed by atoms with Crippen molar-refractivity contribution in [2.45, 2.75) is 19.6 Å². The molecule has 0 saturated carbocycles. The van der Waals surface area contributed by atoms with E-state index >= 15 is 0 Å². The molecule has 1 amide bonds. The molecule has 1 fully saturated rings. The quantitative estimate of drug-likeness (QED) is 0.457. The van der Waals surface area contributed by atoms with Crippen LogP contribution in [-0.2, 0) is 16.1 Å². The third-order valence-corrected chi connectivity index (χ3v) is 5.93. The first-order chi connectivity index (χ1) is 16.5. The molecule has 9 heteroatoms. The molecule has 0 aliphatic carbocycles. The molecular formula is C25H22N2O6S. The summed E-state index contributed by atoms with van der Waals surface area (Å²) in [6.45, 7) is 1.65. The minimum atomic E-state index is -1.11. The number of hydrogen-bond acceptors (Lipinski definition) is 7. The molecule has 0 radical (unpaired) electrons. The first kappa shape index (κ1) is 23.2. The van der Waals surface area contributed by atoms with Crippen molar-refractivity contribution in [2.75, 3.05) is 7.11 Å². The average molecular weight is 479 g/mol. The highest BCUT2D eigenvalue weighted by atomic mass is 32.2. The fraction of sp³-hybridized carbons (Fsp3) is 0.160. The Kier molecular flexibility index (Phi) is 7.03. The van der Waals surface area contributed by atoms with E-state index in [0.29, 0.717) is 32.8 Å². The number of carbonyl (C=O) groups is 2. The molecule has 2 heterocycles. The van der Waals surface area contributed by atoms with Crippen LogP contribution < -0.4 is 9.47 Å². The molecule has 34 heavy (non-hydrogen) atoms. The molecule has 1 N–H and O–H groups in total. The fourth-order valence-corrected chi connectivity index (χ4v) is 4.19. The topological polar surface area (TPSA) is 102 Å². The second-order valence-electron chi connectivity index (χ2n) is 7.29. The largest absolute Gasteiger partial charge is 0.493 e. The van der Waals surface area contributed by atoms with E-state index in [0.717, 1.165) is 0 Å². The molecule has 4 rings (SSSR count). The van der Waals surface area contributed by atoms with Crippen molar-refractivity contribution in [3.05, 3.63) is 83.2 Å². The first-order valence-corrected chi connectivity index (χ1v) is 11.2. The van der Waals surface area contributed by atoms with Gasteiger partial charge in [-0.15, -0.1) is 0 Å². The van der Waals surface area contributed by atoms with Crippen LogP contribution in [-0.4, -0.2) is 40.3 Å². The number of amides is 1. The number of furan rings is 1. The molecule has 0 spiro atoms. The number of carboxylic acids is 1. The average Bonchev–Trinajstić information content (AvgIpc) is 3.45. The van der Waals surface area contributed by atoms with Gasteiger partial charge < -0.3 is 19.0 Å². The summed E-state index contributed by atoms with van der Waals surface area (Å²) in [5, 5.41) is 9.79. The van der Waals surface area contributed by atoms with Gasteiger partial charge in [0, 0.05) is 5.56 Å². The Labute approximate surface area is 200 Å². The maximum atomic E-state index is 13.4. The molecule has 1 aromatic heterocycles. The Bertz CT molecular complexity index is 1240. The lowest BCUT2D eigenvalue weighted by atomic mass is 10.1. The number of thioether (sulfide) groups is 1. The summed E-state index contributed by atoms with van der Waals surface area (Å²) in [4.78, 5) is 31.3. The SMILES string of the molecule is COc1cccc(/C=C2\SC(=Nc3ccccc3)N(Cc3ccco3)C2=O)c1O[C@H](C)C(=O)O. The number of aliphatic imine (C=N–C) groups is 1. The Morgan fingerprint density at radius 1 is 1.18 bits per heavy atom. The van der Waals surface area contributed by atoms with E-state index in [1.54, 1.807) is 47.6 Å². The molecule has 1 atom stereocenters. The predicted octanol–water partition coefficient (Wildman–Crippen LogP) is 4.94. The van der Waals surface area contributed by atoms with Crippen LogP contribution >= 0.6 is 11.8 Å². The number of nitrogens with zero attached hydrogens (tertiary/aromatic N) is 2. The van der Waals surface area contributed by atoms with Crippen LogP contribution in [0.1, 0.15) is 18.2 Å². The summed E-state index contributed by atoms with van der Waals surface area (Å²) >= 11 is 1.22. The van der Waals surface area contributed by atoms with Gasteiger partial charge in [-0.2, -0.15) is 0 Å². The maximum absolute atomic E-state index is 13.4. The second-order valence-corrected chi connectivity index (χ2v) is 8.30. The molecule has 0 unspecified atom stereocenters. The molecule has 0 bridgehead atoms. The second kappa shape index (κ2) is 10.3. The molecular weight excluding hydrogens is 456 g/mol. The number of amidine groups is 1. The third kappa shape index (κ3) is 5.15. The van der Waals surface area contributed by atoms with Gasteiger partial charge in [-0.1, -0.05) is 30.3 Å². The van der Waals surface area contributed by atoms with Gasteiger partial charge in [-0.05, 0) is 55.1 Å². The van der Waals surface area contributed by atoms with Gasteiger partial charge in [0.1, 0.15) is 5.76 Å². The van der Waals surface area contributed by atoms with Crippen molar-refractivity contribution in [1.29, 1.82) is 0 Å². The standard InChI is InChI=1S/C25H22N2O6S/c1-16(24(29)30)33-22-17(8-6-12-20(22)31-2)14-21-23(28)27(15-19-11-7-13-32-19)25(34-21)26-18-9-4-3-5-10-18/h3-14,16H,15H2,1-2H3,(H,29,30)/b21-14-,26-25?/t16-/m1/s1.